The Labute approximate surface area is 101 Å². The Morgan fingerprint density at radius 3 is 2.65 bits per heavy atom. The van der Waals surface area contributed by atoms with Crippen molar-refractivity contribution in [2.24, 2.45) is 5.73 Å². The first-order valence-corrected chi connectivity index (χ1v) is 6.18. The standard InChI is InChI=1S/C14H17N3/c15-14(11-5-2-1-3-6-11)13-9-16-10-17(13)12-7-4-8-12/h1-3,5-6,9-10,12,14H,4,7-8,15H2. The van der Waals surface area contributed by atoms with Crippen molar-refractivity contribution < 1.29 is 0 Å². The molecule has 1 unspecified atom stereocenters. The molecule has 1 atom stereocenters. The molecule has 88 valence electrons. The van der Waals surface area contributed by atoms with E-state index in [-0.39, 0.29) is 6.04 Å². The molecular weight excluding hydrogens is 210 g/mol. The molecule has 3 rings (SSSR count). The van der Waals surface area contributed by atoms with Gasteiger partial charge in [-0.15, -0.1) is 0 Å². The summed E-state index contributed by atoms with van der Waals surface area (Å²) in [5.41, 5.74) is 8.59. The molecule has 3 nitrogen and oxygen atoms in total. The molecule has 1 heterocycles. The highest BCUT2D eigenvalue weighted by Gasteiger charge is 2.23. The van der Waals surface area contributed by atoms with Gasteiger partial charge in [0, 0.05) is 6.04 Å². The highest BCUT2D eigenvalue weighted by molar-refractivity contribution is 5.26. The van der Waals surface area contributed by atoms with Crippen LogP contribution in [0.25, 0.3) is 0 Å². The molecule has 1 aromatic carbocycles. The van der Waals surface area contributed by atoms with E-state index < -0.39 is 0 Å². The van der Waals surface area contributed by atoms with Crippen LogP contribution in [-0.2, 0) is 0 Å². The minimum Gasteiger partial charge on any atom is -0.330 e. The Bertz CT molecular complexity index is 485. The van der Waals surface area contributed by atoms with Gasteiger partial charge in [-0.05, 0) is 24.8 Å². The highest BCUT2D eigenvalue weighted by Crippen LogP contribution is 2.34. The molecule has 0 radical (unpaired) electrons. The maximum Gasteiger partial charge on any atom is 0.0951 e. The Morgan fingerprint density at radius 1 is 1.24 bits per heavy atom. The Balaban J connectivity index is 1.91. The molecule has 3 heteroatoms. The number of hydrogen-bond acceptors (Lipinski definition) is 2. The number of rotatable bonds is 3. The third-order valence-electron chi connectivity index (χ3n) is 3.64. The van der Waals surface area contributed by atoms with E-state index in [0.29, 0.717) is 6.04 Å². The van der Waals surface area contributed by atoms with Crippen LogP contribution in [-0.4, -0.2) is 9.55 Å². The smallest absolute Gasteiger partial charge is 0.0951 e. The summed E-state index contributed by atoms with van der Waals surface area (Å²) in [5, 5.41) is 0. The second-order valence-electron chi connectivity index (χ2n) is 4.70. The van der Waals surface area contributed by atoms with Gasteiger partial charge in [0.15, 0.2) is 0 Å². The van der Waals surface area contributed by atoms with E-state index in [1.165, 1.54) is 19.3 Å². The minimum atomic E-state index is -0.0701. The lowest BCUT2D eigenvalue weighted by Crippen LogP contribution is -2.23. The van der Waals surface area contributed by atoms with Crippen LogP contribution in [0.15, 0.2) is 42.9 Å². The molecule has 0 aliphatic heterocycles. The molecule has 2 N–H and O–H groups in total. The Morgan fingerprint density at radius 2 is 2.00 bits per heavy atom. The second-order valence-corrected chi connectivity index (χ2v) is 4.70. The Kier molecular flexibility index (Phi) is 2.69. The number of imidazole rings is 1. The van der Waals surface area contributed by atoms with Crippen molar-refractivity contribution in [2.75, 3.05) is 0 Å². The van der Waals surface area contributed by atoms with Crippen LogP contribution in [0.4, 0.5) is 0 Å². The molecule has 1 aromatic heterocycles. The summed E-state index contributed by atoms with van der Waals surface area (Å²) < 4.78 is 2.25. The lowest BCUT2D eigenvalue weighted by Gasteiger charge is -2.29. The van der Waals surface area contributed by atoms with E-state index in [1.54, 1.807) is 0 Å². The van der Waals surface area contributed by atoms with Gasteiger partial charge in [-0.3, -0.25) is 0 Å². The molecule has 0 bridgehead atoms. The van der Waals surface area contributed by atoms with Gasteiger partial charge in [-0.25, -0.2) is 4.98 Å². The summed E-state index contributed by atoms with van der Waals surface area (Å²) >= 11 is 0. The second kappa shape index (κ2) is 4.34. The van der Waals surface area contributed by atoms with E-state index in [0.717, 1.165) is 11.3 Å². The summed E-state index contributed by atoms with van der Waals surface area (Å²) in [5.74, 6) is 0. The average molecular weight is 227 g/mol. The van der Waals surface area contributed by atoms with E-state index in [9.17, 15) is 0 Å². The zero-order valence-corrected chi connectivity index (χ0v) is 9.79. The van der Waals surface area contributed by atoms with Crippen LogP contribution < -0.4 is 5.73 Å². The molecule has 1 fully saturated rings. The van der Waals surface area contributed by atoms with Gasteiger partial charge in [0.25, 0.3) is 0 Å². The monoisotopic (exact) mass is 227 g/mol. The first-order chi connectivity index (χ1) is 8.36. The first kappa shape index (κ1) is 10.5. The molecule has 17 heavy (non-hydrogen) atoms. The predicted molar refractivity (Wildman–Crippen MR) is 67.6 cm³/mol. The van der Waals surface area contributed by atoms with Crippen molar-refractivity contribution in [3.8, 4) is 0 Å². The van der Waals surface area contributed by atoms with Crippen LogP contribution in [0.5, 0.6) is 0 Å². The molecule has 1 saturated carbocycles. The summed E-state index contributed by atoms with van der Waals surface area (Å²) in [6, 6.07) is 10.8. The van der Waals surface area contributed by atoms with Crippen molar-refractivity contribution >= 4 is 0 Å². The molecule has 1 aliphatic carbocycles. The van der Waals surface area contributed by atoms with Gasteiger partial charge >= 0.3 is 0 Å². The summed E-state index contributed by atoms with van der Waals surface area (Å²) in [7, 11) is 0. The number of nitrogens with two attached hydrogens (primary N) is 1. The maximum atomic E-state index is 6.32. The van der Waals surface area contributed by atoms with Gasteiger partial charge in [0.05, 0.1) is 24.3 Å². The number of hydrogen-bond donors (Lipinski definition) is 1. The quantitative estimate of drug-likeness (QED) is 0.876. The minimum absolute atomic E-state index is 0.0701. The van der Waals surface area contributed by atoms with Gasteiger partial charge in [-0.2, -0.15) is 0 Å². The maximum absolute atomic E-state index is 6.32. The molecule has 0 spiro atoms. The Hall–Kier alpha value is -1.61. The fraction of sp³-hybridized carbons (Fsp3) is 0.357. The van der Waals surface area contributed by atoms with Crippen LogP contribution in [0.2, 0.25) is 0 Å². The normalized spacial score (nSPS) is 17.7. The molecule has 1 aliphatic rings. The fourth-order valence-corrected chi connectivity index (χ4v) is 2.36. The van der Waals surface area contributed by atoms with Crippen molar-refractivity contribution in [1.82, 2.24) is 9.55 Å². The van der Waals surface area contributed by atoms with Crippen LogP contribution in [0.1, 0.15) is 42.6 Å². The number of nitrogens with zero attached hydrogens (tertiary/aromatic N) is 2. The van der Waals surface area contributed by atoms with Crippen LogP contribution >= 0.6 is 0 Å². The van der Waals surface area contributed by atoms with E-state index >= 15 is 0 Å². The summed E-state index contributed by atoms with van der Waals surface area (Å²) in [6.45, 7) is 0. The fourth-order valence-electron chi connectivity index (χ4n) is 2.36. The van der Waals surface area contributed by atoms with E-state index in [1.807, 2.05) is 30.7 Å². The third kappa shape index (κ3) is 1.87. The van der Waals surface area contributed by atoms with E-state index in [2.05, 4.69) is 21.7 Å². The zero-order chi connectivity index (χ0) is 11.7. The number of benzene rings is 1. The van der Waals surface area contributed by atoms with Crippen molar-refractivity contribution in [3.05, 3.63) is 54.1 Å². The van der Waals surface area contributed by atoms with Crippen molar-refractivity contribution in [2.45, 2.75) is 31.3 Å². The van der Waals surface area contributed by atoms with Gasteiger partial charge < -0.3 is 10.3 Å². The predicted octanol–water partition coefficient (Wildman–Crippen LogP) is 2.66. The molecule has 0 saturated heterocycles. The van der Waals surface area contributed by atoms with Gasteiger partial charge in [0.2, 0.25) is 0 Å². The SMILES string of the molecule is NC(c1ccccc1)c1cncn1C1CCC1. The van der Waals surface area contributed by atoms with Crippen molar-refractivity contribution in [3.63, 3.8) is 0 Å². The molecule has 0 amide bonds. The number of aromatic nitrogens is 2. The van der Waals surface area contributed by atoms with E-state index in [4.69, 9.17) is 5.73 Å². The third-order valence-corrected chi connectivity index (χ3v) is 3.64. The topological polar surface area (TPSA) is 43.8 Å². The molecular formula is C14H17N3. The zero-order valence-electron chi connectivity index (χ0n) is 9.79. The first-order valence-electron chi connectivity index (χ1n) is 6.18. The van der Waals surface area contributed by atoms with Gasteiger partial charge in [0.1, 0.15) is 0 Å². The van der Waals surface area contributed by atoms with Crippen LogP contribution in [0.3, 0.4) is 0 Å². The van der Waals surface area contributed by atoms with Crippen molar-refractivity contribution in [1.29, 1.82) is 0 Å². The van der Waals surface area contributed by atoms with Gasteiger partial charge in [-0.1, -0.05) is 30.3 Å². The highest BCUT2D eigenvalue weighted by atomic mass is 15.1. The molecule has 2 aromatic rings. The lowest BCUT2D eigenvalue weighted by molar-refractivity contribution is 0.305. The lowest BCUT2D eigenvalue weighted by atomic mass is 9.92. The summed E-state index contributed by atoms with van der Waals surface area (Å²) in [6.07, 6.45) is 7.65. The summed E-state index contributed by atoms with van der Waals surface area (Å²) in [4.78, 5) is 4.25. The largest absolute Gasteiger partial charge is 0.330 e. The average Bonchev–Trinajstić information content (AvgIpc) is 2.76. The van der Waals surface area contributed by atoms with Crippen LogP contribution in [0, 0.1) is 0 Å².